The summed E-state index contributed by atoms with van der Waals surface area (Å²) >= 11 is 5.83. The van der Waals surface area contributed by atoms with E-state index in [1.54, 1.807) is 0 Å². The van der Waals surface area contributed by atoms with E-state index in [2.05, 4.69) is 19.1 Å². The highest BCUT2D eigenvalue weighted by Crippen LogP contribution is 2.15. The highest BCUT2D eigenvalue weighted by molar-refractivity contribution is 6.31. The van der Waals surface area contributed by atoms with Crippen LogP contribution in [0.25, 0.3) is 0 Å². The van der Waals surface area contributed by atoms with E-state index in [1.807, 2.05) is 12.2 Å². The Labute approximate surface area is 66.9 Å². The molecule has 1 rings (SSSR count). The maximum atomic E-state index is 5.83. The van der Waals surface area contributed by atoms with Crippen molar-refractivity contribution in [3.05, 3.63) is 34.9 Å². The van der Waals surface area contributed by atoms with Gasteiger partial charge in [-0.05, 0) is 25.0 Å². The molecular formula is C9H11Cl. The van der Waals surface area contributed by atoms with E-state index in [4.69, 9.17) is 11.6 Å². The first kappa shape index (κ1) is 7.62. The van der Waals surface area contributed by atoms with E-state index in [9.17, 15) is 0 Å². The zero-order chi connectivity index (χ0) is 7.40. The van der Waals surface area contributed by atoms with Crippen LogP contribution in [0.5, 0.6) is 0 Å². The molecule has 1 aliphatic rings. The van der Waals surface area contributed by atoms with Gasteiger partial charge in [-0.25, -0.2) is 0 Å². The van der Waals surface area contributed by atoms with Crippen LogP contribution in [0.2, 0.25) is 0 Å². The fourth-order valence-electron chi connectivity index (χ4n) is 0.931. The van der Waals surface area contributed by atoms with Crippen LogP contribution < -0.4 is 0 Å². The molecule has 0 nitrogen and oxygen atoms in total. The Hall–Kier alpha value is -0.490. The lowest BCUT2D eigenvalue weighted by atomic mass is 10.2. The van der Waals surface area contributed by atoms with E-state index >= 15 is 0 Å². The summed E-state index contributed by atoms with van der Waals surface area (Å²) in [6.45, 7) is 2.14. The molecule has 54 valence electrons. The van der Waals surface area contributed by atoms with Gasteiger partial charge in [-0.3, -0.25) is 0 Å². The summed E-state index contributed by atoms with van der Waals surface area (Å²) in [7, 11) is 0. The molecule has 0 unspecified atom stereocenters. The fraction of sp³-hybridized carbons (Fsp3) is 0.333. The molecule has 1 aliphatic carbocycles. The van der Waals surface area contributed by atoms with Gasteiger partial charge in [0.25, 0.3) is 0 Å². The third-order valence-corrected chi connectivity index (χ3v) is 1.76. The molecule has 0 fully saturated rings. The van der Waals surface area contributed by atoms with Crippen LogP contribution in [0.4, 0.5) is 0 Å². The molecule has 0 radical (unpaired) electrons. The third kappa shape index (κ3) is 2.03. The van der Waals surface area contributed by atoms with Crippen LogP contribution in [0.3, 0.4) is 0 Å². The summed E-state index contributed by atoms with van der Waals surface area (Å²) in [5.74, 6) is 0. The summed E-state index contributed by atoms with van der Waals surface area (Å²) in [4.78, 5) is 0. The number of allylic oxidation sites excluding steroid dienone is 6. The summed E-state index contributed by atoms with van der Waals surface area (Å²) in [6.07, 6.45) is 10.3. The van der Waals surface area contributed by atoms with Crippen molar-refractivity contribution in [2.24, 2.45) is 0 Å². The average Bonchev–Trinajstić information content (AvgIpc) is 2.13. The fourth-order valence-corrected chi connectivity index (χ4v) is 1.16. The Morgan fingerprint density at radius 2 is 2.40 bits per heavy atom. The zero-order valence-corrected chi connectivity index (χ0v) is 6.86. The summed E-state index contributed by atoms with van der Waals surface area (Å²) in [5.41, 5.74) is 1.33. The van der Waals surface area contributed by atoms with Crippen molar-refractivity contribution in [1.29, 1.82) is 0 Å². The van der Waals surface area contributed by atoms with Gasteiger partial charge in [0.1, 0.15) is 0 Å². The first-order chi connectivity index (χ1) is 4.83. The molecule has 0 heterocycles. The molecule has 0 N–H and O–H groups in total. The Balaban J connectivity index is 2.77. The summed E-state index contributed by atoms with van der Waals surface area (Å²) in [5, 5.41) is 0.839. The molecule has 0 aromatic rings. The normalized spacial score (nSPS) is 17.8. The van der Waals surface area contributed by atoms with Gasteiger partial charge in [0.05, 0.1) is 0 Å². The van der Waals surface area contributed by atoms with Crippen molar-refractivity contribution in [1.82, 2.24) is 0 Å². The van der Waals surface area contributed by atoms with Crippen LogP contribution in [-0.4, -0.2) is 0 Å². The van der Waals surface area contributed by atoms with Crippen molar-refractivity contribution in [2.45, 2.75) is 19.8 Å². The van der Waals surface area contributed by atoms with Gasteiger partial charge in [-0.1, -0.05) is 36.2 Å². The lowest BCUT2D eigenvalue weighted by Gasteiger charge is -1.92. The molecular weight excluding hydrogens is 144 g/mol. The number of halogens is 1. The van der Waals surface area contributed by atoms with Crippen molar-refractivity contribution in [3.8, 4) is 0 Å². The Bertz CT molecular complexity index is 197. The minimum Gasteiger partial charge on any atom is -0.0843 e. The van der Waals surface area contributed by atoms with Crippen LogP contribution >= 0.6 is 11.6 Å². The zero-order valence-electron chi connectivity index (χ0n) is 6.10. The molecule has 0 atom stereocenters. The minimum atomic E-state index is 0.839. The quantitative estimate of drug-likeness (QED) is 0.543. The molecule has 0 aromatic heterocycles. The molecule has 0 aliphatic heterocycles. The van der Waals surface area contributed by atoms with E-state index in [-0.39, 0.29) is 0 Å². The number of rotatable bonds is 1. The van der Waals surface area contributed by atoms with E-state index in [0.29, 0.717) is 0 Å². The monoisotopic (exact) mass is 154 g/mol. The topological polar surface area (TPSA) is 0 Å². The molecule has 0 bridgehead atoms. The van der Waals surface area contributed by atoms with Gasteiger partial charge in [-0.2, -0.15) is 0 Å². The van der Waals surface area contributed by atoms with Gasteiger partial charge in [-0.15, -0.1) is 0 Å². The first-order valence-corrected chi connectivity index (χ1v) is 3.93. The summed E-state index contributed by atoms with van der Waals surface area (Å²) in [6, 6.07) is 0. The van der Waals surface area contributed by atoms with Crippen LogP contribution in [0.15, 0.2) is 34.9 Å². The van der Waals surface area contributed by atoms with E-state index < -0.39 is 0 Å². The van der Waals surface area contributed by atoms with Gasteiger partial charge >= 0.3 is 0 Å². The molecule has 0 saturated heterocycles. The van der Waals surface area contributed by atoms with Crippen molar-refractivity contribution in [2.75, 3.05) is 0 Å². The molecule has 10 heavy (non-hydrogen) atoms. The van der Waals surface area contributed by atoms with Gasteiger partial charge in [0.2, 0.25) is 0 Å². The Kier molecular flexibility index (Phi) is 2.76. The third-order valence-electron chi connectivity index (χ3n) is 1.52. The van der Waals surface area contributed by atoms with Crippen LogP contribution in [0, 0.1) is 0 Å². The summed E-state index contributed by atoms with van der Waals surface area (Å²) < 4.78 is 0. The smallest absolute Gasteiger partial charge is 0.0405 e. The van der Waals surface area contributed by atoms with Gasteiger partial charge in [0.15, 0.2) is 0 Å². The van der Waals surface area contributed by atoms with Gasteiger partial charge in [0, 0.05) is 5.03 Å². The lowest BCUT2D eigenvalue weighted by molar-refractivity contribution is 1.13. The molecule has 0 aromatic carbocycles. The Morgan fingerprint density at radius 3 is 3.10 bits per heavy atom. The predicted octanol–water partition coefficient (Wildman–Crippen LogP) is 3.41. The van der Waals surface area contributed by atoms with E-state index in [0.717, 1.165) is 17.9 Å². The number of hydrogen-bond acceptors (Lipinski definition) is 0. The maximum absolute atomic E-state index is 5.83. The Morgan fingerprint density at radius 1 is 1.60 bits per heavy atom. The second-order valence-corrected chi connectivity index (χ2v) is 2.74. The van der Waals surface area contributed by atoms with E-state index in [1.165, 1.54) is 5.57 Å². The second-order valence-electron chi connectivity index (χ2n) is 2.30. The van der Waals surface area contributed by atoms with Crippen molar-refractivity contribution >= 4 is 11.6 Å². The molecule has 0 amide bonds. The van der Waals surface area contributed by atoms with Gasteiger partial charge < -0.3 is 0 Å². The van der Waals surface area contributed by atoms with Crippen molar-refractivity contribution in [3.63, 3.8) is 0 Å². The largest absolute Gasteiger partial charge is 0.0843 e. The first-order valence-electron chi connectivity index (χ1n) is 3.55. The lowest BCUT2D eigenvalue weighted by Crippen LogP contribution is -1.72. The SMILES string of the molecule is CCC1=CCC=CC(Cl)=C1. The molecule has 1 heteroatoms. The minimum absolute atomic E-state index is 0.839. The highest BCUT2D eigenvalue weighted by Gasteiger charge is 1.93. The molecule has 0 spiro atoms. The predicted molar refractivity (Wildman–Crippen MR) is 46.1 cm³/mol. The highest BCUT2D eigenvalue weighted by atomic mass is 35.5. The standard InChI is InChI=1S/C9H11Cl/c1-2-8-5-3-4-6-9(10)7-8/h4-7H,2-3H2,1H3. The maximum Gasteiger partial charge on any atom is 0.0405 e. The van der Waals surface area contributed by atoms with Crippen molar-refractivity contribution < 1.29 is 0 Å². The van der Waals surface area contributed by atoms with Crippen LogP contribution in [-0.2, 0) is 0 Å². The number of hydrogen-bond donors (Lipinski definition) is 0. The average molecular weight is 155 g/mol. The molecule has 0 saturated carbocycles. The second kappa shape index (κ2) is 3.62. The van der Waals surface area contributed by atoms with Crippen LogP contribution in [0.1, 0.15) is 19.8 Å².